The Hall–Kier alpha value is -1.58. The second-order valence-corrected chi connectivity index (χ2v) is 5.43. The van der Waals surface area contributed by atoms with E-state index in [0.717, 1.165) is 12.8 Å². The molecule has 0 spiro atoms. The highest BCUT2D eigenvalue weighted by Gasteiger charge is 2.52. The van der Waals surface area contributed by atoms with Crippen LogP contribution in [0.5, 0.6) is 0 Å². The molecule has 4 heteroatoms. The quantitative estimate of drug-likeness (QED) is 0.775. The summed E-state index contributed by atoms with van der Waals surface area (Å²) in [6, 6.07) is 0. The number of carbonyl (C=O) groups excluding carboxylic acids is 2. The molecule has 1 saturated carbocycles. The summed E-state index contributed by atoms with van der Waals surface area (Å²) in [6.45, 7) is 4.14. The second-order valence-electron chi connectivity index (χ2n) is 5.43. The van der Waals surface area contributed by atoms with Crippen molar-refractivity contribution < 1.29 is 14.3 Å². The van der Waals surface area contributed by atoms with Gasteiger partial charge in [-0.05, 0) is 38.5 Å². The van der Waals surface area contributed by atoms with Crippen LogP contribution in [-0.4, -0.2) is 25.0 Å². The molecule has 2 aliphatic carbocycles. The molecule has 0 saturated heterocycles. The molecule has 0 heterocycles. The number of carbonyl (C=O) groups is 2. The van der Waals surface area contributed by atoms with Gasteiger partial charge >= 0.3 is 6.09 Å². The molecule has 3 atom stereocenters. The minimum Gasteiger partial charge on any atom is -0.448 e. The van der Waals surface area contributed by atoms with Crippen molar-refractivity contribution in [3.05, 3.63) is 24.3 Å². The molecule has 2 rings (SSSR count). The van der Waals surface area contributed by atoms with Crippen molar-refractivity contribution >= 4 is 11.9 Å². The lowest BCUT2D eigenvalue weighted by molar-refractivity contribution is -0.130. The molecule has 1 fully saturated rings. The zero-order valence-corrected chi connectivity index (χ0v) is 11.5. The van der Waals surface area contributed by atoms with Crippen LogP contribution >= 0.6 is 0 Å². The van der Waals surface area contributed by atoms with E-state index in [4.69, 9.17) is 4.74 Å². The zero-order chi connectivity index (χ0) is 13.9. The molecule has 3 unspecified atom stereocenters. The summed E-state index contributed by atoms with van der Waals surface area (Å²) >= 11 is 0. The van der Waals surface area contributed by atoms with E-state index in [0.29, 0.717) is 12.5 Å². The first-order valence-corrected chi connectivity index (χ1v) is 6.79. The maximum absolute atomic E-state index is 12.0. The number of Topliss-reactive ketones (excluding diaryl/α,β-unsaturated/α-hetero) is 1. The molecule has 19 heavy (non-hydrogen) atoms. The van der Waals surface area contributed by atoms with Crippen molar-refractivity contribution in [1.82, 2.24) is 5.32 Å². The zero-order valence-electron chi connectivity index (χ0n) is 11.5. The predicted octanol–water partition coefficient (Wildman–Crippen LogP) is 2.46. The van der Waals surface area contributed by atoms with Crippen molar-refractivity contribution in [1.29, 1.82) is 0 Å². The van der Waals surface area contributed by atoms with Gasteiger partial charge in [0, 0.05) is 6.54 Å². The molecule has 2 bridgehead atoms. The topological polar surface area (TPSA) is 55.4 Å². The third kappa shape index (κ3) is 2.72. The van der Waals surface area contributed by atoms with E-state index in [9.17, 15) is 9.59 Å². The number of hydrogen-bond donors (Lipinski definition) is 1. The van der Waals surface area contributed by atoms with Crippen LogP contribution in [0, 0.1) is 17.3 Å². The Morgan fingerprint density at radius 3 is 2.79 bits per heavy atom. The molecule has 0 aromatic rings. The van der Waals surface area contributed by atoms with E-state index in [1.807, 2.05) is 19.1 Å². The normalized spacial score (nSPS) is 31.9. The number of allylic oxidation sites excluding steroid dienone is 3. The number of alkyl carbamates (subject to hydrolysis) is 1. The van der Waals surface area contributed by atoms with Crippen LogP contribution in [0.25, 0.3) is 0 Å². The van der Waals surface area contributed by atoms with E-state index in [-0.39, 0.29) is 18.3 Å². The van der Waals surface area contributed by atoms with Gasteiger partial charge in [0.15, 0.2) is 0 Å². The molecular formula is C15H21NO3. The smallest absolute Gasteiger partial charge is 0.407 e. The minimum atomic E-state index is -0.489. The number of nitrogens with one attached hydrogen (secondary N) is 1. The Labute approximate surface area is 113 Å². The molecule has 1 N–H and O–H groups in total. The Kier molecular flexibility index (Phi) is 4.08. The van der Waals surface area contributed by atoms with Gasteiger partial charge in [0.1, 0.15) is 12.4 Å². The lowest BCUT2D eigenvalue weighted by atomic mass is 9.73. The average molecular weight is 263 g/mol. The number of ether oxygens (including phenoxy) is 1. The van der Waals surface area contributed by atoms with Gasteiger partial charge in [-0.3, -0.25) is 4.79 Å². The van der Waals surface area contributed by atoms with E-state index < -0.39 is 11.5 Å². The Bertz CT molecular complexity index is 427. The molecule has 104 valence electrons. The summed E-state index contributed by atoms with van der Waals surface area (Å²) in [5, 5.41) is 2.63. The maximum atomic E-state index is 12.0. The Morgan fingerprint density at radius 2 is 2.26 bits per heavy atom. The fraction of sp³-hybridized carbons (Fsp3) is 0.600. The molecule has 0 radical (unpaired) electrons. The van der Waals surface area contributed by atoms with E-state index in [2.05, 4.69) is 17.5 Å². The highest BCUT2D eigenvalue weighted by molar-refractivity contribution is 5.84. The summed E-state index contributed by atoms with van der Waals surface area (Å²) in [4.78, 5) is 23.5. The number of ketones is 1. The Balaban J connectivity index is 1.91. The third-order valence-electron chi connectivity index (χ3n) is 4.27. The molecule has 1 amide bonds. The van der Waals surface area contributed by atoms with Gasteiger partial charge in [0.2, 0.25) is 0 Å². The fourth-order valence-corrected chi connectivity index (χ4v) is 3.13. The molecular weight excluding hydrogens is 242 g/mol. The van der Waals surface area contributed by atoms with Gasteiger partial charge in [0.05, 0.1) is 5.41 Å². The van der Waals surface area contributed by atoms with Crippen molar-refractivity contribution in [2.45, 2.75) is 26.7 Å². The van der Waals surface area contributed by atoms with Crippen LogP contribution in [0.2, 0.25) is 0 Å². The maximum Gasteiger partial charge on any atom is 0.407 e. The highest BCUT2D eigenvalue weighted by Crippen LogP contribution is 2.52. The van der Waals surface area contributed by atoms with Crippen molar-refractivity contribution in [3.63, 3.8) is 0 Å². The first kappa shape index (κ1) is 13.8. The van der Waals surface area contributed by atoms with Crippen molar-refractivity contribution in [3.8, 4) is 0 Å². The fourth-order valence-electron chi connectivity index (χ4n) is 3.13. The monoisotopic (exact) mass is 263 g/mol. The molecule has 0 aromatic heterocycles. The molecule has 2 aliphatic rings. The average Bonchev–Trinajstić information content (AvgIpc) is 2.97. The van der Waals surface area contributed by atoms with Crippen molar-refractivity contribution in [2.75, 3.05) is 13.2 Å². The third-order valence-corrected chi connectivity index (χ3v) is 4.27. The lowest BCUT2D eigenvalue weighted by Gasteiger charge is -2.32. The van der Waals surface area contributed by atoms with Crippen LogP contribution < -0.4 is 5.32 Å². The molecule has 0 aromatic carbocycles. The second kappa shape index (κ2) is 5.59. The summed E-state index contributed by atoms with van der Waals surface area (Å²) in [6.07, 6.45) is 9.36. The van der Waals surface area contributed by atoms with Crippen molar-refractivity contribution in [2.24, 2.45) is 17.3 Å². The van der Waals surface area contributed by atoms with Crippen LogP contribution in [-0.2, 0) is 9.53 Å². The van der Waals surface area contributed by atoms with E-state index >= 15 is 0 Å². The van der Waals surface area contributed by atoms with Crippen LogP contribution in [0.4, 0.5) is 4.79 Å². The summed E-state index contributed by atoms with van der Waals surface area (Å²) in [5.74, 6) is 0.840. The summed E-state index contributed by atoms with van der Waals surface area (Å²) < 4.78 is 5.25. The van der Waals surface area contributed by atoms with Gasteiger partial charge in [0.25, 0.3) is 0 Å². The van der Waals surface area contributed by atoms with Crippen LogP contribution in [0.15, 0.2) is 24.3 Å². The van der Waals surface area contributed by atoms with Gasteiger partial charge in [-0.2, -0.15) is 0 Å². The lowest BCUT2D eigenvalue weighted by Crippen LogP contribution is -2.40. The molecule has 0 aliphatic heterocycles. The van der Waals surface area contributed by atoms with Gasteiger partial charge in [-0.15, -0.1) is 0 Å². The predicted molar refractivity (Wildman–Crippen MR) is 72.6 cm³/mol. The largest absolute Gasteiger partial charge is 0.448 e. The number of hydrogen-bond acceptors (Lipinski definition) is 3. The minimum absolute atomic E-state index is 0.130. The van der Waals surface area contributed by atoms with Gasteiger partial charge in [-0.1, -0.05) is 24.3 Å². The first-order chi connectivity index (χ1) is 9.08. The molecule has 4 nitrogen and oxygen atoms in total. The summed E-state index contributed by atoms with van der Waals surface area (Å²) in [7, 11) is 0. The number of amides is 1. The van der Waals surface area contributed by atoms with E-state index in [1.165, 1.54) is 0 Å². The highest BCUT2D eigenvalue weighted by atomic mass is 16.5. The van der Waals surface area contributed by atoms with E-state index in [1.54, 1.807) is 6.92 Å². The number of rotatable bonds is 5. The van der Waals surface area contributed by atoms with Gasteiger partial charge < -0.3 is 10.1 Å². The van der Waals surface area contributed by atoms with Crippen LogP contribution in [0.3, 0.4) is 0 Å². The first-order valence-electron chi connectivity index (χ1n) is 6.79. The number of fused-ring (bicyclic) bond motifs is 2. The Morgan fingerprint density at radius 1 is 1.47 bits per heavy atom. The van der Waals surface area contributed by atoms with Gasteiger partial charge in [-0.25, -0.2) is 4.79 Å². The SMILES string of the molecule is CC=CCNC(=O)OCC1(C(C)=O)CC2C=CC1C2. The standard InChI is InChI=1S/C15H21NO3/c1-3-4-7-16-14(18)19-10-15(11(2)17)9-12-5-6-13(15)8-12/h3-6,12-13H,7-10H2,1-2H3,(H,16,18). The summed E-state index contributed by atoms with van der Waals surface area (Å²) in [5.41, 5.74) is -0.489. The van der Waals surface area contributed by atoms with Crippen LogP contribution in [0.1, 0.15) is 26.7 Å².